The number of aromatic nitrogens is 1. The normalized spacial score (nSPS) is 19.2. The van der Waals surface area contributed by atoms with Crippen molar-refractivity contribution in [3.8, 4) is 11.4 Å². The Morgan fingerprint density at radius 2 is 0.920 bits per heavy atom. The first kappa shape index (κ1) is 37.0. The first-order valence-electron chi connectivity index (χ1n) is 19.3. The quantitative estimate of drug-likeness (QED) is 0.0926. The third-order valence-corrected chi connectivity index (χ3v) is 11.7. The van der Waals surface area contributed by atoms with Gasteiger partial charge in [-0.3, -0.25) is 0 Å². The number of rotatable bonds is 15. The molecule has 0 spiro atoms. The van der Waals surface area contributed by atoms with Gasteiger partial charge in [-0.25, -0.2) is 0 Å². The summed E-state index contributed by atoms with van der Waals surface area (Å²) in [5.74, 6) is 0.913. The van der Waals surface area contributed by atoms with Crippen LogP contribution in [0.1, 0.15) is 127 Å². The molecule has 2 fully saturated rings. The van der Waals surface area contributed by atoms with E-state index >= 15 is 0 Å². The molecule has 0 atom stereocenters. The zero-order chi connectivity index (χ0) is 35.7. The maximum absolute atomic E-state index is 6.46. The van der Waals surface area contributed by atoms with Crippen LogP contribution in [0.4, 0.5) is 0 Å². The Morgan fingerprint density at radius 1 is 0.520 bits per heavy atom. The molecule has 6 rings (SSSR count). The molecule has 2 saturated heterocycles. The molecule has 0 unspecified atom stereocenters. The summed E-state index contributed by atoms with van der Waals surface area (Å²) in [7, 11) is -0.887. The Bertz CT molecular complexity index is 1630. The number of hydrogen-bond donors (Lipinski definition) is 0. The summed E-state index contributed by atoms with van der Waals surface area (Å²) in [6.07, 6.45) is 13.2. The van der Waals surface area contributed by atoms with Crippen LogP contribution >= 0.6 is 0 Å². The first-order valence-corrected chi connectivity index (χ1v) is 19.3. The van der Waals surface area contributed by atoms with Crippen LogP contribution in [0.5, 0.6) is 5.75 Å². The molecule has 0 aliphatic carbocycles. The van der Waals surface area contributed by atoms with Crippen molar-refractivity contribution < 1.29 is 23.4 Å². The Hall–Kier alpha value is -2.77. The Balaban J connectivity index is 1.22. The standard InChI is InChI=1S/C42H59B2NO5/c1-10-11-12-13-14-15-16-17-18-19-28-46-34-24-22-33(23-25-34)45-37-26-20-31(43-47-39(2,3)40(4,5)48-43)29-35(37)36-30-32(21-27-38(36)45)44-49-41(6,7)42(8,9)50-44/h20-27,29-30H,10-19,28H2,1-9H3. The second kappa shape index (κ2) is 14.7. The molecule has 3 heterocycles. The Labute approximate surface area is 301 Å². The second-order valence-corrected chi connectivity index (χ2v) is 16.6. The number of ether oxygens (including phenoxy) is 1. The fourth-order valence-electron chi connectivity index (χ4n) is 7.06. The van der Waals surface area contributed by atoms with Crippen molar-refractivity contribution in [2.45, 2.75) is 149 Å². The van der Waals surface area contributed by atoms with Crippen molar-refractivity contribution in [2.24, 2.45) is 0 Å². The van der Waals surface area contributed by atoms with Gasteiger partial charge in [0, 0.05) is 16.5 Å². The second-order valence-electron chi connectivity index (χ2n) is 16.6. The lowest BCUT2D eigenvalue weighted by molar-refractivity contribution is 0.00578. The molecule has 2 aliphatic rings. The Kier molecular flexibility index (Phi) is 10.9. The van der Waals surface area contributed by atoms with Gasteiger partial charge < -0.3 is 27.9 Å². The monoisotopic (exact) mass is 679 g/mol. The van der Waals surface area contributed by atoms with E-state index in [-0.39, 0.29) is 0 Å². The van der Waals surface area contributed by atoms with Crippen LogP contribution in [0.2, 0.25) is 0 Å². The lowest BCUT2D eigenvalue weighted by Gasteiger charge is -2.32. The highest BCUT2D eigenvalue weighted by atomic mass is 16.7. The van der Waals surface area contributed by atoms with Crippen LogP contribution in [-0.2, 0) is 18.6 Å². The first-order chi connectivity index (χ1) is 23.7. The third kappa shape index (κ3) is 7.55. The predicted molar refractivity (Wildman–Crippen MR) is 210 cm³/mol. The SMILES string of the molecule is CCCCCCCCCCCCOc1ccc(-n2c3ccc(B4OC(C)(C)C(C)(C)O4)cc3c3cc(B4OC(C)(C)C(C)(C)O4)ccc32)cc1. The van der Waals surface area contributed by atoms with Gasteiger partial charge in [-0.05, 0) is 109 Å². The summed E-state index contributed by atoms with van der Waals surface area (Å²) >= 11 is 0. The molecule has 2 aliphatic heterocycles. The molecule has 0 saturated carbocycles. The number of hydrogen-bond acceptors (Lipinski definition) is 5. The molecule has 8 heteroatoms. The van der Waals surface area contributed by atoms with E-state index in [0.29, 0.717) is 0 Å². The smallest absolute Gasteiger partial charge is 0.494 e. The molecule has 6 nitrogen and oxygen atoms in total. The Morgan fingerprint density at radius 3 is 1.34 bits per heavy atom. The van der Waals surface area contributed by atoms with Crippen LogP contribution in [0.15, 0.2) is 60.7 Å². The number of nitrogens with zero attached hydrogens (tertiary/aromatic N) is 1. The van der Waals surface area contributed by atoms with E-state index in [1.165, 1.54) is 57.8 Å². The lowest BCUT2D eigenvalue weighted by Crippen LogP contribution is -2.41. The van der Waals surface area contributed by atoms with Gasteiger partial charge >= 0.3 is 14.2 Å². The van der Waals surface area contributed by atoms with Crippen LogP contribution in [0.25, 0.3) is 27.5 Å². The molecule has 1 aromatic heterocycles. The minimum Gasteiger partial charge on any atom is -0.494 e. The van der Waals surface area contributed by atoms with Crippen molar-refractivity contribution in [1.82, 2.24) is 4.57 Å². The summed E-state index contributed by atoms with van der Waals surface area (Å²) in [5.41, 5.74) is 3.67. The molecule has 268 valence electrons. The zero-order valence-electron chi connectivity index (χ0n) is 32.2. The highest BCUT2D eigenvalue weighted by Crippen LogP contribution is 2.39. The summed E-state index contributed by atoms with van der Waals surface area (Å²) in [6, 6.07) is 21.6. The van der Waals surface area contributed by atoms with Crippen LogP contribution in [0, 0.1) is 0 Å². The van der Waals surface area contributed by atoms with Gasteiger partial charge in [0.25, 0.3) is 0 Å². The average Bonchev–Trinajstić information content (AvgIpc) is 3.60. The molecule has 3 aromatic carbocycles. The van der Waals surface area contributed by atoms with Crippen molar-refractivity contribution in [3.63, 3.8) is 0 Å². The van der Waals surface area contributed by atoms with Gasteiger partial charge in [0.1, 0.15) is 5.75 Å². The van der Waals surface area contributed by atoms with Crippen LogP contribution < -0.4 is 15.7 Å². The van der Waals surface area contributed by atoms with Gasteiger partial charge in [-0.2, -0.15) is 0 Å². The van der Waals surface area contributed by atoms with E-state index in [9.17, 15) is 0 Å². The van der Waals surface area contributed by atoms with Crippen molar-refractivity contribution >= 4 is 47.0 Å². The van der Waals surface area contributed by atoms with Crippen molar-refractivity contribution in [2.75, 3.05) is 6.61 Å². The van der Waals surface area contributed by atoms with E-state index < -0.39 is 36.6 Å². The van der Waals surface area contributed by atoms with Gasteiger partial charge in [-0.15, -0.1) is 0 Å². The van der Waals surface area contributed by atoms with Gasteiger partial charge in [-0.1, -0.05) is 89.0 Å². The molecule has 0 amide bonds. The number of unbranched alkanes of at least 4 members (excludes halogenated alkanes) is 9. The number of fused-ring (bicyclic) bond motifs is 3. The van der Waals surface area contributed by atoms with Crippen LogP contribution in [-0.4, -0.2) is 47.8 Å². The zero-order valence-corrected chi connectivity index (χ0v) is 32.2. The van der Waals surface area contributed by atoms with Gasteiger partial charge in [0.2, 0.25) is 0 Å². The third-order valence-electron chi connectivity index (χ3n) is 11.7. The van der Waals surface area contributed by atoms with Crippen molar-refractivity contribution in [1.29, 1.82) is 0 Å². The highest BCUT2D eigenvalue weighted by Gasteiger charge is 2.53. The maximum atomic E-state index is 6.46. The molecular weight excluding hydrogens is 620 g/mol. The van der Waals surface area contributed by atoms with E-state index in [4.69, 9.17) is 23.4 Å². The summed E-state index contributed by atoms with van der Waals surface area (Å²) in [6.45, 7) is 19.8. The molecule has 4 aromatic rings. The summed E-state index contributed by atoms with van der Waals surface area (Å²) in [4.78, 5) is 0. The molecule has 0 N–H and O–H groups in total. The predicted octanol–water partition coefficient (Wildman–Crippen LogP) is 9.68. The van der Waals surface area contributed by atoms with Crippen molar-refractivity contribution in [3.05, 3.63) is 60.7 Å². The fraction of sp³-hybridized carbons (Fsp3) is 0.571. The average molecular weight is 680 g/mol. The number of benzene rings is 3. The fourth-order valence-corrected chi connectivity index (χ4v) is 7.06. The highest BCUT2D eigenvalue weighted by molar-refractivity contribution is 6.63. The topological polar surface area (TPSA) is 51.1 Å². The summed E-state index contributed by atoms with van der Waals surface area (Å²) < 4.78 is 34.4. The molecule has 50 heavy (non-hydrogen) atoms. The van der Waals surface area contributed by atoms with E-state index in [2.05, 4.69) is 128 Å². The molecule has 0 radical (unpaired) electrons. The minimum absolute atomic E-state index is 0.415. The minimum atomic E-state index is -0.443. The van der Waals surface area contributed by atoms with E-state index in [0.717, 1.165) is 57.2 Å². The van der Waals surface area contributed by atoms with Gasteiger partial charge in [0.15, 0.2) is 0 Å². The van der Waals surface area contributed by atoms with E-state index in [1.807, 2.05) is 0 Å². The van der Waals surface area contributed by atoms with E-state index in [1.54, 1.807) is 0 Å². The lowest BCUT2D eigenvalue weighted by atomic mass is 9.77. The molecule has 0 bridgehead atoms. The molecular formula is C42H59B2NO5. The summed E-state index contributed by atoms with van der Waals surface area (Å²) in [5, 5.41) is 2.26. The van der Waals surface area contributed by atoms with Gasteiger partial charge in [0.05, 0.1) is 40.0 Å². The van der Waals surface area contributed by atoms with Crippen LogP contribution in [0.3, 0.4) is 0 Å². The largest absolute Gasteiger partial charge is 0.494 e. The maximum Gasteiger partial charge on any atom is 0.494 e.